The number of hydrazone groups is 1. The molecule has 0 spiro atoms. The van der Waals surface area contributed by atoms with Crippen molar-refractivity contribution in [1.82, 2.24) is 5.43 Å². The number of nitrogens with zero attached hydrogens (tertiary/aromatic N) is 1. The maximum absolute atomic E-state index is 12.6. The average Bonchev–Trinajstić information content (AvgIpc) is 2.92. The summed E-state index contributed by atoms with van der Waals surface area (Å²) in [6.07, 6.45) is 3.10. The van der Waals surface area contributed by atoms with E-state index in [0.717, 1.165) is 0 Å². The second-order valence-corrected chi connectivity index (χ2v) is 9.37. The Labute approximate surface area is 245 Å². The van der Waals surface area contributed by atoms with Crippen LogP contribution in [0.3, 0.4) is 0 Å². The van der Waals surface area contributed by atoms with Gasteiger partial charge in [0, 0.05) is 16.3 Å². The minimum absolute atomic E-state index is 0.223. The van der Waals surface area contributed by atoms with E-state index in [9.17, 15) is 9.59 Å². The van der Waals surface area contributed by atoms with Crippen molar-refractivity contribution in [3.63, 3.8) is 0 Å². The fourth-order valence-corrected chi connectivity index (χ4v) is 4.15. The Morgan fingerprint density at radius 2 is 1.79 bits per heavy atom. The van der Waals surface area contributed by atoms with Gasteiger partial charge in [0.1, 0.15) is 6.61 Å². The zero-order chi connectivity index (χ0) is 28.2. The first kappa shape index (κ1) is 29.8. The molecule has 0 aliphatic rings. The summed E-state index contributed by atoms with van der Waals surface area (Å²) in [7, 11) is 1.49. The standard InChI is InChI=1S/C28H27ClIN3O6/c1-4-12-38-23-11-6-19(15-24(23)37-5-2)28(35)33-31-16-18-13-22(30)27(25(14-18)36-3)39-17-26(34)32-21-9-7-20(29)8-10-21/h4,6-11,13-16H,1,5,12,17H2,2-3H3,(H,32,34)(H,33,35)/b31-16+. The largest absolute Gasteiger partial charge is 0.493 e. The Bertz CT molecular complexity index is 1350. The van der Waals surface area contributed by atoms with Crippen molar-refractivity contribution < 1.29 is 28.5 Å². The van der Waals surface area contributed by atoms with Crippen molar-refractivity contribution in [3.8, 4) is 23.0 Å². The molecule has 0 aromatic heterocycles. The summed E-state index contributed by atoms with van der Waals surface area (Å²) < 4.78 is 23.0. The molecule has 0 radical (unpaired) electrons. The molecule has 3 aromatic carbocycles. The number of methoxy groups -OCH3 is 1. The Hall–Kier alpha value is -3.77. The molecule has 0 bridgehead atoms. The van der Waals surface area contributed by atoms with E-state index in [1.807, 2.05) is 6.92 Å². The van der Waals surface area contributed by atoms with Crippen molar-refractivity contribution in [2.45, 2.75) is 6.92 Å². The number of hydrogen-bond acceptors (Lipinski definition) is 7. The summed E-state index contributed by atoms with van der Waals surface area (Å²) in [5.41, 5.74) is 4.11. The normalized spacial score (nSPS) is 10.6. The van der Waals surface area contributed by atoms with Crippen LogP contribution in [-0.2, 0) is 4.79 Å². The van der Waals surface area contributed by atoms with E-state index in [2.05, 4.69) is 45.0 Å². The van der Waals surface area contributed by atoms with Crippen LogP contribution >= 0.6 is 34.2 Å². The van der Waals surface area contributed by atoms with Gasteiger partial charge in [-0.05, 0) is 89.7 Å². The van der Waals surface area contributed by atoms with E-state index >= 15 is 0 Å². The van der Waals surface area contributed by atoms with Crippen molar-refractivity contribution in [3.05, 3.63) is 87.0 Å². The highest BCUT2D eigenvalue weighted by Crippen LogP contribution is 2.33. The zero-order valence-corrected chi connectivity index (χ0v) is 24.2. The number of ether oxygens (including phenoxy) is 4. The molecule has 11 heteroatoms. The summed E-state index contributed by atoms with van der Waals surface area (Å²) >= 11 is 7.95. The van der Waals surface area contributed by atoms with Crippen molar-refractivity contribution in [1.29, 1.82) is 0 Å². The molecule has 0 saturated heterocycles. The third-order valence-electron chi connectivity index (χ3n) is 4.97. The first-order chi connectivity index (χ1) is 18.8. The van der Waals surface area contributed by atoms with Crippen LogP contribution in [0.1, 0.15) is 22.8 Å². The van der Waals surface area contributed by atoms with E-state index in [1.54, 1.807) is 60.7 Å². The molecule has 0 aliphatic carbocycles. The maximum Gasteiger partial charge on any atom is 0.271 e. The van der Waals surface area contributed by atoms with Crippen LogP contribution in [0.15, 0.2) is 72.4 Å². The molecular weight excluding hydrogens is 637 g/mol. The van der Waals surface area contributed by atoms with Gasteiger partial charge < -0.3 is 24.3 Å². The second-order valence-electron chi connectivity index (χ2n) is 7.77. The van der Waals surface area contributed by atoms with Gasteiger partial charge >= 0.3 is 0 Å². The van der Waals surface area contributed by atoms with E-state index in [0.29, 0.717) is 61.6 Å². The number of rotatable bonds is 13. The average molecular weight is 664 g/mol. The predicted octanol–water partition coefficient (Wildman–Crippen LogP) is 5.70. The zero-order valence-electron chi connectivity index (χ0n) is 21.3. The lowest BCUT2D eigenvalue weighted by molar-refractivity contribution is -0.118. The van der Waals surface area contributed by atoms with E-state index in [-0.39, 0.29) is 12.5 Å². The summed E-state index contributed by atoms with van der Waals surface area (Å²) in [6, 6.07) is 15.1. The number of anilines is 1. The Morgan fingerprint density at radius 3 is 2.49 bits per heavy atom. The van der Waals surface area contributed by atoms with Gasteiger partial charge in [-0.1, -0.05) is 24.3 Å². The summed E-state index contributed by atoms with van der Waals surface area (Å²) in [6.45, 7) is 5.99. The van der Waals surface area contributed by atoms with Crippen LogP contribution in [0.5, 0.6) is 23.0 Å². The van der Waals surface area contributed by atoms with Gasteiger partial charge in [0.2, 0.25) is 0 Å². The smallest absolute Gasteiger partial charge is 0.271 e. The third kappa shape index (κ3) is 8.89. The van der Waals surface area contributed by atoms with Crippen molar-refractivity contribution in [2.24, 2.45) is 5.10 Å². The van der Waals surface area contributed by atoms with E-state index in [4.69, 9.17) is 30.5 Å². The number of halogens is 2. The van der Waals surface area contributed by atoms with Crippen molar-refractivity contribution in [2.75, 3.05) is 32.2 Å². The molecule has 0 atom stereocenters. The lowest BCUT2D eigenvalue weighted by atomic mass is 10.2. The highest BCUT2D eigenvalue weighted by atomic mass is 127. The monoisotopic (exact) mass is 663 g/mol. The van der Waals surface area contributed by atoms with Crippen LogP contribution < -0.4 is 29.7 Å². The SMILES string of the molecule is C=CCOc1ccc(C(=O)N/N=C/c2cc(I)c(OCC(=O)Nc3ccc(Cl)cc3)c(OC)c2)cc1OCC. The quantitative estimate of drug-likeness (QED) is 0.105. The molecule has 3 rings (SSSR count). The number of nitrogens with one attached hydrogen (secondary N) is 2. The predicted molar refractivity (Wildman–Crippen MR) is 160 cm³/mol. The van der Waals surface area contributed by atoms with Crippen LogP contribution in [0.25, 0.3) is 0 Å². The van der Waals surface area contributed by atoms with Crippen LogP contribution in [-0.4, -0.2) is 45.0 Å². The molecule has 2 N–H and O–H groups in total. The molecule has 0 heterocycles. The van der Waals surface area contributed by atoms with Crippen LogP contribution in [0, 0.1) is 3.57 Å². The van der Waals surface area contributed by atoms with Gasteiger partial charge in [-0.25, -0.2) is 5.43 Å². The second kappa shape index (κ2) is 15.0. The Kier molecular flexibility index (Phi) is 11.4. The highest BCUT2D eigenvalue weighted by Gasteiger charge is 2.14. The van der Waals surface area contributed by atoms with E-state index < -0.39 is 5.91 Å². The number of amides is 2. The van der Waals surface area contributed by atoms with E-state index in [1.165, 1.54) is 13.3 Å². The Morgan fingerprint density at radius 1 is 1.03 bits per heavy atom. The molecule has 204 valence electrons. The number of benzene rings is 3. The molecule has 0 aliphatic heterocycles. The molecule has 39 heavy (non-hydrogen) atoms. The molecule has 3 aromatic rings. The van der Waals surface area contributed by atoms with Crippen LogP contribution in [0.2, 0.25) is 5.02 Å². The van der Waals surface area contributed by atoms with Gasteiger partial charge in [0.25, 0.3) is 11.8 Å². The van der Waals surface area contributed by atoms with Crippen molar-refractivity contribution >= 4 is 57.9 Å². The minimum Gasteiger partial charge on any atom is -0.493 e. The van der Waals surface area contributed by atoms with Gasteiger partial charge in [-0.2, -0.15) is 5.10 Å². The lowest BCUT2D eigenvalue weighted by Gasteiger charge is -2.13. The number of carbonyl (C=O) groups is 2. The third-order valence-corrected chi connectivity index (χ3v) is 6.02. The first-order valence-corrected chi connectivity index (χ1v) is 13.2. The molecule has 9 nitrogen and oxygen atoms in total. The van der Waals surface area contributed by atoms with Gasteiger partial charge in [-0.15, -0.1) is 0 Å². The molecule has 0 fully saturated rings. The Balaban J connectivity index is 1.63. The molecule has 0 saturated carbocycles. The molecule has 0 unspecified atom stereocenters. The maximum atomic E-state index is 12.6. The summed E-state index contributed by atoms with van der Waals surface area (Å²) in [5.74, 6) is 1.03. The van der Waals surface area contributed by atoms with Crippen LogP contribution in [0.4, 0.5) is 5.69 Å². The minimum atomic E-state index is -0.421. The molecule has 2 amide bonds. The first-order valence-electron chi connectivity index (χ1n) is 11.7. The van der Waals surface area contributed by atoms with Gasteiger partial charge in [0.05, 0.1) is 23.5 Å². The lowest BCUT2D eigenvalue weighted by Crippen LogP contribution is -2.20. The van der Waals surface area contributed by atoms with Gasteiger partial charge in [-0.3, -0.25) is 9.59 Å². The highest BCUT2D eigenvalue weighted by molar-refractivity contribution is 14.1. The summed E-state index contributed by atoms with van der Waals surface area (Å²) in [5, 5.41) is 7.37. The number of carbonyl (C=O) groups excluding carboxylic acids is 2. The fourth-order valence-electron chi connectivity index (χ4n) is 3.24. The topological polar surface area (TPSA) is 107 Å². The fraction of sp³-hybridized carbons (Fsp3) is 0.179. The number of hydrogen-bond donors (Lipinski definition) is 2. The molecular formula is C28H27ClIN3O6. The van der Waals surface area contributed by atoms with Gasteiger partial charge in [0.15, 0.2) is 29.6 Å². The summed E-state index contributed by atoms with van der Waals surface area (Å²) in [4.78, 5) is 24.9.